The third-order valence-electron chi connectivity index (χ3n) is 1.89. The van der Waals surface area contributed by atoms with Crippen molar-refractivity contribution >= 4 is 5.97 Å². The molecule has 12 heavy (non-hydrogen) atoms. The van der Waals surface area contributed by atoms with E-state index in [1.807, 2.05) is 20.8 Å². The fourth-order valence-electron chi connectivity index (χ4n) is 1.16. The summed E-state index contributed by atoms with van der Waals surface area (Å²) in [4.78, 5) is 11.3. The lowest BCUT2D eigenvalue weighted by molar-refractivity contribution is -0.148. The van der Waals surface area contributed by atoms with Gasteiger partial charge in [-0.25, -0.2) is 0 Å². The van der Waals surface area contributed by atoms with E-state index >= 15 is 0 Å². The molecule has 0 aromatic rings. The molecule has 0 heterocycles. The molecule has 0 saturated heterocycles. The zero-order valence-electron chi connectivity index (χ0n) is 8.17. The van der Waals surface area contributed by atoms with E-state index in [0.29, 0.717) is 12.5 Å². The Morgan fingerprint density at radius 2 is 2.17 bits per heavy atom. The minimum absolute atomic E-state index is 0.0324. The Morgan fingerprint density at radius 3 is 2.50 bits per heavy atom. The van der Waals surface area contributed by atoms with Crippen LogP contribution in [0.2, 0.25) is 0 Å². The van der Waals surface area contributed by atoms with Crippen LogP contribution in [0.25, 0.3) is 0 Å². The summed E-state index contributed by atoms with van der Waals surface area (Å²) in [5.41, 5.74) is 0. The van der Waals surface area contributed by atoms with Crippen LogP contribution in [0.15, 0.2) is 12.7 Å². The summed E-state index contributed by atoms with van der Waals surface area (Å²) in [5, 5.41) is 0. The molecule has 0 saturated carbocycles. The van der Waals surface area contributed by atoms with Crippen molar-refractivity contribution < 1.29 is 9.53 Å². The van der Waals surface area contributed by atoms with Crippen LogP contribution < -0.4 is 0 Å². The van der Waals surface area contributed by atoms with Crippen LogP contribution in [0.1, 0.15) is 27.2 Å². The van der Waals surface area contributed by atoms with Crippen LogP contribution >= 0.6 is 0 Å². The maximum absolute atomic E-state index is 11.3. The molecule has 70 valence electrons. The van der Waals surface area contributed by atoms with Gasteiger partial charge in [0.2, 0.25) is 0 Å². The SMILES string of the molecule is C=CCOC(=O)C(CC)C(C)C. The molecule has 1 atom stereocenters. The number of hydrogen-bond acceptors (Lipinski definition) is 2. The molecule has 0 aliphatic carbocycles. The molecule has 0 aromatic heterocycles. The van der Waals surface area contributed by atoms with Crippen LogP contribution in [0.5, 0.6) is 0 Å². The average Bonchev–Trinajstić information content (AvgIpc) is 2.01. The molecule has 1 unspecified atom stereocenters. The van der Waals surface area contributed by atoms with E-state index in [-0.39, 0.29) is 11.9 Å². The van der Waals surface area contributed by atoms with Crippen LogP contribution in [-0.2, 0) is 9.53 Å². The Bertz CT molecular complexity index is 150. The van der Waals surface area contributed by atoms with Gasteiger partial charge in [-0.1, -0.05) is 33.4 Å². The first kappa shape index (κ1) is 11.2. The second-order valence-electron chi connectivity index (χ2n) is 3.18. The first-order valence-electron chi connectivity index (χ1n) is 4.41. The zero-order valence-corrected chi connectivity index (χ0v) is 8.17. The molecule has 0 N–H and O–H groups in total. The molecular weight excluding hydrogens is 152 g/mol. The molecule has 0 fully saturated rings. The van der Waals surface area contributed by atoms with Gasteiger partial charge < -0.3 is 4.74 Å². The van der Waals surface area contributed by atoms with Crippen molar-refractivity contribution in [3.05, 3.63) is 12.7 Å². The smallest absolute Gasteiger partial charge is 0.309 e. The van der Waals surface area contributed by atoms with E-state index < -0.39 is 0 Å². The second-order valence-corrected chi connectivity index (χ2v) is 3.18. The van der Waals surface area contributed by atoms with E-state index in [0.717, 1.165) is 6.42 Å². The number of hydrogen-bond donors (Lipinski definition) is 0. The molecular formula is C10H18O2. The van der Waals surface area contributed by atoms with E-state index in [1.165, 1.54) is 0 Å². The number of esters is 1. The molecule has 0 bridgehead atoms. The number of carbonyl (C=O) groups is 1. The van der Waals surface area contributed by atoms with Crippen molar-refractivity contribution in [2.45, 2.75) is 27.2 Å². The lowest BCUT2D eigenvalue weighted by Gasteiger charge is -2.16. The van der Waals surface area contributed by atoms with E-state index in [4.69, 9.17) is 4.74 Å². The third kappa shape index (κ3) is 3.56. The van der Waals surface area contributed by atoms with E-state index in [1.54, 1.807) is 6.08 Å². The van der Waals surface area contributed by atoms with Crippen molar-refractivity contribution in [1.82, 2.24) is 0 Å². The van der Waals surface area contributed by atoms with Gasteiger partial charge in [0, 0.05) is 0 Å². The standard InChI is InChI=1S/C10H18O2/c1-5-7-12-10(11)9(6-2)8(3)4/h5,8-9H,1,6-7H2,2-4H3. The highest BCUT2D eigenvalue weighted by atomic mass is 16.5. The molecule has 0 radical (unpaired) electrons. The van der Waals surface area contributed by atoms with Crippen molar-refractivity contribution in [2.75, 3.05) is 6.61 Å². The maximum atomic E-state index is 11.3. The first-order valence-corrected chi connectivity index (χ1v) is 4.41. The van der Waals surface area contributed by atoms with Crippen LogP contribution in [0.3, 0.4) is 0 Å². The van der Waals surface area contributed by atoms with Crippen molar-refractivity contribution in [1.29, 1.82) is 0 Å². The quantitative estimate of drug-likeness (QED) is 0.468. The van der Waals surface area contributed by atoms with Crippen molar-refractivity contribution in [3.8, 4) is 0 Å². The molecule has 0 amide bonds. The summed E-state index contributed by atoms with van der Waals surface area (Å²) < 4.78 is 4.95. The minimum Gasteiger partial charge on any atom is -0.461 e. The number of rotatable bonds is 5. The summed E-state index contributed by atoms with van der Waals surface area (Å²) in [6.07, 6.45) is 2.43. The van der Waals surface area contributed by atoms with Crippen LogP contribution in [0, 0.1) is 11.8 Å². The fourth-order valence-corrected chi connectivity index (χ4v) is 1.16. The second kappa shape index (κ2) is 5.81. The lowest BCUT2D eigenvalue weighted by atomic mass is 9.94. The number of carbonyl (C=O) groups excluding carboxylic acids is 1. The molecule has 2 heteroatoms. The van der Waals surface area contributed by atoms with E-state index in [9.17, 15) is 4.79 Å². The molecule has 0 rings (SSSR count). The molecule has 0 aliphatic rings. The zero-order chi connectivity index (χ0) is 9.56. The topological polar surface area (TPSA) is 26.3 Å². The summed E-state index contributed by atoms with van der Waals surface area (Å²) in [5.74, 6) is 0.282. The van der Waals surface area contributed by atoms with Gasteiger partial charge in [0.1, 0.15) is 6.61 Å². The Balaban J connectivity index is 3.94. The normalized spacial score (nSPS) is 12.7. The van der Waals surface area contributed by atoms with Gasteiger partial charge in [-0.05, 0) is 12.3 Å². The van der Waals surface area contributed by atoms with Gasteiger partial charge in [-0.2, -0.15) is 0 Å². The first-order chi connectivity index (χ1) is 5.63. The summed E-state index contributed by atoms with van der Waals surface area (Å²) in [7, 11) is 0. The minimum atomic E-state index is -0.104. The summed E-state index contributed by atoms with van der Waals surface area (Å²) in [6, 6.07) is 0. The monoisotopic (exact) mass is 170 g/mol. The Labute approximate surface area is 74.6 Å². The Hall–Kier alpha value is -0.790. The third-order valence-corrected chi connectivity index (χ3v) is 1.89. The highest BCUT2D eigenvalue weighted by Crippen LogP contribution is 2.16. The van der Waals surface area contributed by atoms with Gasteiger partial charge in [0.05, 0.1) is 5.92 Å². The number of ether oxygens (including phenoxy) is 1. The highest BCUT2D eigenvalue weighted by molar-refractivity contribution is 5.72. The predicted octanol–water partition coefficient (Wildman–Crippen LogP) is 2.40. The predicted molar refractivity (Wildman–Crippen MR) is 49.8 cm³/mol. The molecule has 2 nitrogen and oxygen atoms in total. The lowest BCUT2D eigenvalue weighted by Crippen LogP contribution is -2.22. The van der Waals surface area contributed by atoms with Gasteiger partial charge in [-0.15, -0.1) is 0 Å². The van der Waals surface area contributed by atoms with Gasteiger partial charge in [0.15, 0.2) is 0 Å². The summed E-state index contributed by atoms with van der Waals surface area (Å²) >= 11 is 0. The largest absolute Gasteiger partial charge is 0.461 e. The van der Waals surface area contributed by atoms with Crippen LogP contribution in [0.4, 0.5) is 0 Å². The highest BCUT2D eigenvalue weighted by Gasteiger charge is 2.20. The molecule has 0 spiro atoms. The van der Waals surface area contributed by atoms with Gasteiger partial charge in [0.25, 0.3) is 0 Å². The molecule has 0 aliphatic heterocycles. The average molecular weight is 170 g/mol. The van der Waals surface area contributed by atoms with Crippen molar-refractivity contribution in [3.63, 3.8) is 0 Å². The Kier molecular flexibility index (Phi) is 5.43. The maximum Gasteiger partial charge on any atom is 0.309 e. The van der Waals surface area contributed by atoms with Crippen LogP contribution in [-0.4, -0.2) is 12.6 Å². The fraction of sp³-hybridized carbons (Fsp3) is 0.700. The molecule has 0 aromatic carbocycles. The van der Waals surface area contributed by atoms with E-state index in [2.05, 4.69) is 6.58 Å². The Morgan fingerprint density at radius 1 is 1.58 bits per heavy atom. The van der Waals surface area contributed by atoms with Gasteiger partial charge in [-0.3, -0.25) is 4.79 Å². The van der Waals surface area contributed by atoms with Crippen molar-refractivity contribution in [2.24, 2.45) is 11.8 Å². The van der Waals surface area contributed by atoms with Gasteiger partial charge >= 0.3 is 5.97 Å². The summed E-state index contributed by atoms with van der Waals surface area (Å²) in [6.45, 7) is 9.87.